The number of nitrogens with one attached hydrogen (secondary N) is 1. The van der Waals surface area contributed by atoms with Crippen molar-refractivity contribution < 1.29 is 18.4 Å². The second kappa shape index (κ2) is 7.73. The van der Waals surface area contributed by atoms with Crippen LogP contribution in [0, 0.1) is 23.5 Å². The molecule has 0 radical (unpaired) electrons. The average molecular weight is 338 g/mol. The minimum atomic E-state index is -0.936. The monoisotopic (exact) mass is 338 g/mol. The number of carbonyl (C=O) groups excluding carboxylic acids is 2. The highest BCUT2D eigenvalue weighted by molar-refractivity contribution is 5.98. The molecule has 1 aromatic carbocycles. The molecule has 0 aromatic heterocycles. The lowest BCUT2D eigenvalue weighted by Gasteiger charge is -2.35. The quantitative estimate of drug-likeness (QED) is 0.917. The van der Waals surface area contributed by atoms with Gasteiger partial charge in [-0.1, -0.05) is 26.8 Å². The Bertz CT molecular complexity index is 599. The zero-order chi connectivity index (χ0) is 17.9. The Morgan fingerprint density at radius 2 is 1.88 bits per heavy atom. The summed E-state index contributed by atoms with van der Waals surface area (Å²) >= 11 is 0. The number of hydrogen-bond donors (Lipinski definition) is 1. The molecule has 1 heterocycles. The van der Waals surface area contributed by atoms with E-state index in [2.05, 4.69) is 12.2 Å². The Morgan fingerprint density at radius 1 is 1.25 bits per heavy atom. The van der Waals surface area contributed by atoms with E-state index in [0.29, 0.717) is 19.0 Å². The van der Waals surface area contributed by atoms with Crippen molar-refractivity contribution in [1.29, 1.82) is 0 Å². The van der Waals surface area contributed by atoms with E-state index < -0.39 is 29.1 Å². The third-order valence-electron chi connectivity index (χ3n) is 4.38. The number of piperidine rings is 1. The summed E-state index contributed by atoms with van der Waals surface area (Å²) in [6.07, 6.45) is 2.00. The van der Waals surface area contributed by atoms with Gasteiger partial charge in [-0.25, -0.2) is 8.78 Å². The Hall–Kier alpha value is -1.98. The van der Waals surface area contributed by atoms with Crippen LogP contribution in [0.1, 0.15) is 44.0 Å². The molecule has 1 aromatic rings. The van der Waals surface area contributed by atoms with Crippen LogP contribution in [-0.2, 0) is 4.79 Å². The zero-order valence-electron chi connectivity index (χ0n) is 14.3. The van der Waals surface area contributed by atoms with Gasteiger partial charge in [0.05, 0.1) is 0 Å². The number of nitrogens with zero attached hydrogens (tertiary/aromatic N) is 1. The molecule has 4 nitrogen and oxygen atoms in total. The summed E-state index contributed by atoms with van der Waals surface area (Å²) in [6.45, 7) is 6.97. The molecule has 0 spiro atoms. The molecule has 1 saturated heterocycles. The van der Waals surface area contributed by atoms with Gasteiger partial charge in [0.25, 0.3) is 5.91 Å². The van der Waals surface area contributed by atoms with Crippen LogP contribution >= 0.6 is 0 Å². The molecule has 1 N–H and O–H groups in total. The second-order valence-electron chi connectivity index (χ2n) is 6.82. The minimum absolute atomic E-state index is 0.187. The minimum Gasteiger partial charge on any atom is -0.341 e. The van der Waals surface area contributed by atoms with Crippen molar-refractivity contribution in [2.75, 3.05) is 13.1 Å². The lowest BCUT2D eigenvalue weighted by Crippen LogP contribution is -2.53. The van der Waals surface area contributed by atoms with Crippen LogP contribution in [-0.4, -0.2) is 35.8 Å². The van der Waals surface area contributed by atoms with Gasteiger partial charge in [-0.15, -0.1) is 0 Å². The lowest BCUT2D eigenvalue weighted by atomic mass is 9.97. The fraction of sp³-hybridized carbons (Fsp3) is 0.556. The smallest absolute Gasteiger partial charge is 0.257 e. The first-order valence-corrected chi connectivity index (χ1v) is 8.35. The fourth-order valence-electron chi connectivity index (χ4n) is 3.03. The number of benzene rings is 1. The maximum atomic E-state index is 13.8. The molecule has 2 unspecified atom stereocenters. The van der Waals surface area contributed by atoms with Crippen molar-refractivity contribution in [3.05, 3.63) is 35.4 Å². The van der Waals surface area contributed by atoms with Gasteiger partial charge >= 0.3 is 0 Å². The van der Waals surface area contributed by atoms with Crippen LogP contribution in [0.2, 0.25) is 0 Å². The van der Waals surface area contributed by atoms with Crippen molar-refractivity contribution in [2.24, 2.45) is 11.8 Å². The molecule has 0 saturated carbocycles. The predicted octanol–water partition coefficient (Wildman–Crippen LogP) is 2.98. The highest BCUT2D eigenvalue weighted by atomic mass is 19.1. The summed E-state index contributed by atoms with van der Waals surface area (Å²) in [5, 5.41) is 2.52. The second-order valence-corrected chi connectivity index (χ2v) is 6.82. The number of halogens is 2. The first-order chi connectivity index (χ1) is 11.3. The predicted molar refractivity (Wildman–Crippen MR) is 87.4 cm³/mol. The highest BCUT2D eigenvalue weighted by Gasteiger charge is 2.32. The largest absolute Gasteiger partial charge is 0.341 e. The SMILES string of the molecule is CC1CCCN(C(=O)C(NC(=O)c2c(F)cccc2F)C(C)C)C1. The van der Waals surface area contributed by atoms with Gasteiger partial charge in [0.15, 0.2) is 0 Å². The molecule has 0 bridgehead atoms. The summed E-state index contributed by atoms with van der Waals surface area (Å²) in [6, 6.07) is 2.44. The van der Waals surface area contributed by atoms with Crippen molar-refractivity contribution in [3.8, 4) is 0 Å². The van der Waals surface area contributed by atoms with Crippen molar-refractivity contribution in [1.82, 2.24) is 10.2 Å². The number of carbonyl (C=O) groups is 2. The summed E-state index contributed by atoms with van der Waals surface area (Å²) < 4.78 is 27.5. The molecule has 24 heavy (non-hydrogen) atoms. The molecular formula is C18H24F2N2O2. The van der Waals surface area contributed by atoms with Gasteiger partial charge in [-0.3, -0.25) is 9.59 Å². The molecule has 2 atom stereocenters. The van der Waals surface area contributed by atoms with E-state index in [0.717, 1.165) is 25.0 Å². The van der Waals surface area contributed by atoms with Gasteiger partial charge in [0.1, 0.15) is 23.2 Å². The third kappa shape index (κ3) is 4.10. The molecule has 0 aliphatic carbocycles. The summed E-state index contributed by atoms with van der Waals surface area (Å²) in [5.74, 6) is -2.74. The Balaban J connectivity index is 2.16. The first kappa shape index (κ1) is 18.4. The van der Waals surface area contributed by atoms with E-state index in [9.17, 15) is 18.4 Å². The summed E-state index contributed by atoms with van der Waals surface area (Å²) in [7, 11) is 0. The van der Waals surface area contributed by atoms with E-state index in [-0.39, 0.29) is 11.8 Å². The van der Waals surface area contributed by atoms with Crippen molar-refractivity contribution in [3.63, 3.8) is 0 Å². The normalized spacial score (nSPS) is 19.2. The van der Waals surface area contributed by atoms with Crippen molar-refractivity contribution in [2.45, 2.75) is 39.7 Å². The van der Waals surface area contributed by atoms with E-state index in [4.69, 9.17) is 0 Å². The number of amides is 2. The van der Waals surface area contributed by atoms with Crippen LogP contribution in [0.3, 0.4) is 0 Å². The zero-order valence-corrected chi connectivity index (χ0v) is 14.3. The first-order valence-electron chi connectivity index (χ1n) is 8.35. The highest BCUT2D eigenvalue weighted by Crippen LogP contribution is 2.19. The third-order valence-corrected chi connectivity index (χ3v) is 4.38. The topological polar surface area (TPSA) is 49.4 Å². The van der Waals surface area contributed by atoms with E-state index >= 15 is 0 Å². The summed E-state index contributed by atoms with van der Waals surface area (Å²) in [4.78, 5) is 26.8. The molecule has 2 rings (SSSR count). The van der Waals surface area contributed by atoms with E-state index in [1.54, 1.807) is 18.7 Å². The maximum absolute atomic E-state index is 13.8. The molecular weight excluding hydrogens is 314 g/mol. The van der Waals surface area contributed by atoms with Gasteiger partial charge in [-0.2, -0.15) is 0 Å². The van der Waals surface area contributed by atoms with E-state index in [1.165, 1.54) is 6.07 Å². The van der Waals surface area contributed by atoms with Crippen LogP contribution < -0.4 is 5.32 Å². The Labute approximate surface area is 141 Å². The molecule has 2 amide bonds. The lowest BCUT2D eigenvalue weighted by molar-refractivity contribution is -0.136. The standard InChI is InChI=1S/C18H24F2N2O2/c1-11(2)16(18(24)22-9-5-6-12(3)10-22)21-17(23)15-13(19)7-4-8-14(15)20/h4,7-8,11-12,16H,5-6,9-10H2,1-3H3,(H,21,23). The fourth-order valence-corrected chi connectivity index (χ4v) is 3.03. The summed E-state index contributed by atoms with van der Waals surface area (Å²) in [5.41, 5.74) is -0.650. The average Bonchev–Trinajstić information content (AvgIpc) is 2.51. The molecule has 1 aliphatic rings. The van der Waals surface area contributed by atoms with Crippen LogP contribution in [0.25, 0.3) is 0 Å². The van der Waals surface area contributed by atoms with E-state index in [1.807, 2.05) is 0 Å². The molecule has 1 fully saturated rings. The van der Waals surface area contributed by atoms with Crippen molar-refractivity contribution >= 4 is 11.8 Å². The number of rotatable bonds is 4. The maximum Gasteiger partial charge on any atom is 0.257 e. The Kier molecular flexibility index (Phi) is 5.91. The van der Waals surface area contributed by atoms with Crippen LogP contribution in [0.5, 0.6) is 0 Å². The van der Waals surface area contributed by atoms with Gasteiger partial charge in [-0.05, 0) is 36.8 Å². The van der Waals surface area contributed by atoms with Gasteiger partial charge in [0, 0.05) is 13.1 Å². The molecule has 6 heteroatoms. The van der Waals surface area contributed by atoms with Gasteiger partial charge in [0.2, 0.25) is 5.91 Å². The number of hydrogen-bond acceptors (Lipinski definition) is 2. The van der Waals surface area contributed by atoms with Gasteiger partial charge < -0.3 is 10.2 Å². The van der Waals surface area contributed by atoms with Crippen LogP contribution in [0.4, 0.5) is 8.78 Å². The molecule has 1 aliphatic heterocycles. The number of likely N-dealkylation sites (tertiary alicyclic amines) is 1. The molecule has 132 valence electrons. The Morgan fingerprint density at radius 3 is 2.42 bits per heavy atom. The van der Waals surface area contributed by atoms with Crippen LogP contribution in [0.15, 0.2) is 18.2 Å².